The fraction of sp³-hybridized carbons (Fsp3) is 0.421. The van der Waals surface area contributed by atoms with E-state index in [1.165, 1.54) is 28.0 Å². The molecule has 0 spiro atoms. The van der Waals surface area contributed by atoms with E-state index in [9.17, 15) is 14.9 Å². The van der Waals surface area contributed by atoms with Crippen molar-refractivity contribution in [2.24, 2.45) is 5.73 Å². The summed E-state index contributed by atoms with van der Waals surface area (Å²) in [6, 6.07) is 2.02. The highest BCUT2D eigenvalue weighted by atomic mass is 16.2. The molecule has 1 rings (SSSR count). The Morgan fingerprint density at radius 1 is 1.38 bits per heavy atom. The van der Waals surface area contributed by atoms with Crippen LogP contribution in [0.2, 0.25) is 0 Å². The monoisotopic (exact) mass is 357 g/mol. The first-order valence-corrected chi connectivity index (χ1v) is 8.41. The quantitative estimate of drug-likeness (QED) is 0.303. The number of likely N-dealkylation sites (tertiary alicyclic amines) is 1. The number of amides is 2. The van der Waals surface area contributed by atoms with Gasteiger partial charge < -0.3 is 15.5 Å². The third kappa shape index (κ3) is 5.60. The molecular weight excluding hydrogens is 330 g/mol. The van der Waals surface area contributed by atoms with Crippen molar-refractivity contribution in [2.75, 3.05) is 33.7 Å². The maximum absolute atomic E-state index is 12.2. The average molecular weight is 357 g/mol. The van der Waals surface area contributed by atoms with Crippen molar-refractivity contribution >= 4 is 12.3 Å². The second-order valence-corrected chi connectivity index (χ2v) is 6.28. The summed E-state index contributed by atoms with van der Waals surface area (Å²) in [5.74, 6) is 0.230. The van der Waals surface area contributed by atoms with E-state index in [1.807, 2.05) is 11.0 Å². The Kier molecular flexibility index (Phi) is 8.32. The highest BCUT2D eigenvalue weighted by molar-refractivity contribution is 5.88. The molecule has 7 heteroatoms. The average Bonchev–Trinajstić information content (AvgIpc) is 2.63. The summed E-state index contributed by atoms with van der Waals surface area (Å²) in [7, 11) is 3.29. The molecule has 1 atom stereocenters. The molecule has 0 saturated carbocycles. The predicted molar refractivity (Wildman–Crippen MR) is 101 cm³/mol. The van der Waals surface area contributed by atoms with Crippen LogP contribution in [0.5, 0.6) is 0 Å². The highest BCUT2D eigenvalue weighted by Crippen LogP contribution is 2.19. The van der Waals surface area contributed by atoms with Crippen molar-refractivity contribution in [3.63, 3.8) is 0 Å². The third-order valence-electron chi connectivity index (χ3n) is 4.15. The number of nitrogens with two attached hydrogens (primary N) is 1. The van der Waals surface area contributed by atoms with E-state index < -0.39 is 0 Å². The SMILES string of the molecule is C=C/C(C#N)=C(\C=C)CN(C=O)/C(=C\C(=O)N(C)C)N1CCCC(N)C1. The van der Waals surface area contributed by atoms with Crippen LogP contribution in [0.25, 0.3) is 0 Å². The van der Waals surface area contributed by atoms with Gasteiger partial charge in [-0.25, -0.2) is 0 Å². The van der Waals surface area contributed by atoms with Gasteiger partial charge in [0.15, 0.2) is 0 Å². The standard InChI is InChI=1S/C19H27N5O2/c1-5-15(11-20)16(6-2)12-24(14-25)18(10-19(26)22(3)4)23-9-7-8-17(21)13-23/h5-6,10,14,17H,1-2,7-9,12-13,21H2,3-4H3/b16-15-,18-10-. The van der Waals surface area contributed by atoms with Crippen LogP contribution < -0.4 is 5.73 Å². The molecule has 0 aromatic carbocycles. The minimum absolute atomic E-state index is 0.0210. The number of allylic oxidation sites excluding steroid dienone is 2. The first-order valence-electron chi connectivity index (χ1n) is 8.41. The van der Waals surface area contributed by atoms with Crippen LogP contribution in [-0.2, 0) is 9.59 Å². The Morgan fingerprint density at radius 2 is 2.08 bits per heavy atom. The number of nitrogens with zero attached hydrogens (tertiary/aromatic N) is 4. The number of carbonyl (C=O) groups excluding carboxylic acids is 2. The fourth-order valence-electron chi connectivity index (χ4n) is 2.68. The lowest BCUT2D eigenvalue weighted by Gasteiger charge is -2.37. The van der Waals surface area contributed by atoms with Crippen molar-refractivity contribution < 1.29 is 9.59 Å². The molecule has 0 radical (unpaired) electrons. The molecule has 140 valence electrons. The summed E-state index contributed by atoms with van der Waals surface area (Å²) >= 11 is 0. The van der Waals surface area contributed by atoms with Gasteiger partial charge in [-0.15, -0.1) is 0 Å². The maximum atomic E-state index is 12.2. The van der Waals surface area contributed by atoms with Crippen molar-refractivity contribution in [1.29, 1.82) is 5.26 Å². The van der Waals surface area contributed by atoms with Crippen LogP contribution in [0.1, 0.15) is 12.8 Å². The summed E-state index contributed by atoms with van der Waals surface area (Å²) in [6.07, 6.45) is 6.79. The van der Waals surface area contributed by atoms with Crippen molar-refractivity contribution in [3.8, 4) is 6.07 Å². The third-order valence-corrected chi connectivity index (χ3v) is 4.15. The van der Waals surface area contributed by atoms with Gasteiger partial charge in [0.1, 0.15) is 5.82 Å². The zero-order valence-electron chi connectivity index (χ0n) is 15.5. The lowest BCUT2D eigenvalue weighted by molar-refractivity contribution is -0.124. The zero-order valence-corrected chi connectivity index (χ0v) is 15.5. The molecule has 1 unspecified atom stereocenters. The minimum Gasteiger partial charge on any atom is -0.356 e. The largest absolute Gasteiger partial charge is 0.356 e. The molecule has 0 aliphatic carbocycles. The fourth-order valence-corrected chi connectivity index (χ4v) is 2.68. The predicted octanol–water partition coefficient (Wildman–Crippen LogP) is 0.990. The number of piperidine rings is 1. The molecule has 26 heavy (non-hydrogen) atoms. The summed E-state index contributed by atoms with van der Waals surface area (Å²) in [4.78, 5) is 28.8. The summed E-state index contributed by atoms with van der Waals surface area (Å²) in [5, 5.41) is 9.22. The van der Waals surface area contributed by atoms with Gasteiger partial charge in [-0.3, -0.25) is 14.5 Å². The Morgan fingerprint density at radius 3 is 2.54 bits per heavy atom. The molecule has 2 amide bonds. The molecule has 0 bridgehead atoms. The maximum Gasteiger partial charge on any atom is 0.249 e. The van der Waals surface area contributed by atoms with Gasteiger partial charge in [0.25, 0.3) is 0 Å². The van der Waals surface area contributed by atoms with Gasteiger partial charge >= 0.3 is 0 Å². The second-order valence-electron chi connectivity index (χ2n) is 6.28. The Balaban J connectivity index is 3.29. The van der Waals surface area contributed by atoms with Gasteiger partial charge in [0.05, 0.1) is 18.2 Å². The normalized spacial score (nSPS) is 18.3. The zero-order chi connectivity index (χ0) is 19.7. The topological polar surface area (TPSA) is 93.7 Å². The summed E-state index contributed by atoms with van der Waals surface area (Å²) < 4.78 is 0. The van der Waals surface area contributed by atoms with E-state index >= 15 is 0 Å². The Bertz CT molecular complexity index is 657. The molecule has 0 aromatic rings. The van der Waals surface area contributed by atoms with Crippen LogP contribution in [0.4, 0.5) is 0 Å². The Labute approximate surface area is 155 Å². The molecule has 0 aromatic heterocycles. The molecule has 1 fully saturated rings. The van der Waals surface area contributed by atoms with Crippen LogP contribution in [0.3, 0.4) is 0 Å². The van der Waals surface area contributed by atoms with E-state index in [-0.39, 0.29) is 18.5 Å². The van der Waals surface area contributed by atoms with Gasteiger partial charge in [-0.1, -0.05) is 25.3 Å². The van der Waals surface area contributed by atoms with Gasteiger partial charge in [0, 0.05) is 39.3 Å². The van der Waals surface area contributed by atoms with Crippen LogP contribution >= 0.6 is 0 Å². The van der Waals surface area contributed by atoms with E-state index in [4.69, 9.17) is 5.73 Å². The van der Waals surface area contributed by atoms with Crippen molar-refractivity contribution in [3.05, 3.63) is 48.4 Å². The first kappa shape index (κ1) is 21.2. The van der Waals surface area contributed by atoms with Gasteiger partial charge in [-0.2, -0.15) is 5.26 Å². The lowest BCUT2D eigenvalue weighted by atomic mass is 10.1. The van der Waals surface area contributed by atoms with E-state index in [0.717, 1.165) is 12.8 Å². The number of hydrogen-bond donors (Lipinski definition) is 1. The second kappa shape index (κ2) is 10.2. The molecular formula is C19H27N5O2. The molecule has 1 aliphatic heterocycles. The highest BCUT2D eigenvalue weighted by Gasteiger charge is 2.24. The van der Waals surface area contributed by atoms with E-state index in [2.05, 4.69) is 13.2 Å². The first-order chi connectivity index (χ1) is 12.4. The number of likely N-dealkylation sites (N-methyl/N-ethyl adjacent to an activating group) is 1. The molecule has 1 heterocycles. The Hall–Kier alpha value is -2.85. The molecule has 1 saturated heterocycles. The van der Waals surface area contributed by atoms with E-state index in [1.54, 1.807) is 14.1 Å². The smallest absolute Gasteiger partial charge is 0.249 e. The number of rotatable bonds is 8. The number of carbonyl (C=O) groups is 2. The molecule has 1 aliphatic rings. The van der Waals surface area contributed by atoms with Crippen LogP contribution in [0.15, 0.2) is 48.4 Å². The minimum atomic E-state index is -0.237. The number of hydrogen-bond acceptors (Lipinski definition) is 5. The van der Waals surface area contributed by atoms with Crippen molar-refractivity contribution in [1.82, 2.24) is 14.7 Å². The van der Waals surface area contributed by atoms with E-state index in [0.29, 0.717) is 36.5 Å². The van der Waals surface area contributed by atoms with Gasteiger partial charge in [0.2, 0.25) is 12.3 Å². The summed E-state index contributed by atoms with van der Waals surface area (Å²) in [5.41, 5.74) is 6.95. The van der Waals surface area contributed by atoms with Crippen LogP contribution in [0, 0.1) is 11.3 Å². The van der Waals surface area contributed by atoms with Crippen molar-refractivity contribution in [2.45, 2.75) is 18.9 Å². The summed E-state index contributed by atoms with van der Waals surface area (Å²) in [6.45, 7) is 8.69. The van der Waals surface area contributed by atoms with Gasteiger partial charge in [-0.05, 0) is 18.4 Å². The van der Waals surface area contributed by atoms with Crippen LogP contribution in [-0.4, -0.2) is 66.8 Å². The molecule has 2 N–H and O–H groups in total. The lowest BCUT2D eigenvalue weighted by Crippen LogP contribution is -2.46. The molecule has 7 nitrogen and oxygen atoms in total. The number of nitriles is 1.